The molecule has 2 heteroatoms. The van der Waals surface area contributed by atoms with Crippen molar-refractivity contribution in [2.45, 2.75) is 52.1 Å². The van der Waals surface area contributed by atoms with Crippen molar-refractivity contribution in [3.05, 3.63) is 0 Å². The highest BCUT2D eigenvalue weighted by Crippen LogP contribution is 2.45. The van der Waals surface area contributed by atoms with Crippen molar-refractivity contribution in [3.63, 3.8) is 0 Å². The van der Waals surface area contributed by atoms with Crippen molar-refractivity contribution in [1.29, 1.82) is 0 Å². The molecule has 1 fully saturated rings. The molecule has 0 aromatic rings. The fourth-order valence-electron chi connectivity index (χ4n) is 2.05. The van der Waals surface area contributed by atoms with E-state index in [0.29, 0.717) is 6.61 Å². The van der Waals surface area contributed by atoms with Crippen LogP contribution in [0, 0.1) is 5.41 Å². The van der Waals surface area contributed by atoms with E-state index in [1.165, 1.54) is 0 Å². The number of hydrogen-bond acceptors (Lipinski definition) is 2. The Hall–Kier alpha value is -0.0800. The van der Waals surface area contributed by atoms with Gasteiger partial charge in [0.25, 0.3) is 0 Å². The van der Waals surface area contributed by atoms with E-state index in [0.717, 1.165) is 32.3 Å². The number of aliphatic hydroxyl groups is 1. The second-order valence-corrected chi connectivity index (χ2v) is 4.82. The molecule has 0 aliphatic heterocycles. The molecule has 0 heterocycles. The molecule has 1 atom stereocenters. The van der Waals surface area contributed by atoms with Gasteiger partial charge in [-0.25, -0.2) is 0 Å². The van der Waals surface area contributed by atoms with Crippen LogP contribution < -0.4 is 0 Å². The van der Waals surface area contributed by atoms with Gasteiger partial charge >= 0.3 is 0 Å². The summed E-state index contributed by atoms with van der Waals surface area (Å²) < 4.78 is 5.46. The average molecular weight is 186 g/mol. The summed E-state index contributed by atoms with van der Waals surface area (Å²) in [4.78, 5) is 0. The summed E-state index contributed by atoms with van der Waals surface area (Å²) in [5.74, 6) is 0. The van der Waals surface area contributed by atoms with Gasteiger partial charge in [0.05, 0.1) is 12.2 Å². The Morgan fingerprint density at radius 2 is 2.00 bits per heavy atom. The van der Waals surface area contributed by atoms with Crippen LogP contribution in [0.2, 0.25) is 0 Å². The van der Waals surface area contributed by atoms with Gasteiger partial charge in [-0.1, -0.05) is 20.8 Å². The molecule has 0 bridgehead atoms. The summed E-state index contributed by atoms with van der Waals surface area (Å²) in [5, 5.41) is 10.3. The lowest BCUT2D eigenvalue weighted by molar-refractivity contribution is -0.101. The van der Waals surface area contributed by atoms with Crippen LogP contribution in [0.25, 0.3) is 0 Å². The predicted molar refractivity (Wildman–Crippen MR) is 53.7 cm³/mol. The van der Waals surface area contributed by atoms with Crippen LogP contribution in [0.5, 0.6) is 0 Å². The maximum absolute atomic E-state index is 10.3. The summed E-state index contributed by atoms with van der Waals surface area (Å²) in [6.07, 6.45) is 4.15. The lowest BCUT2D eigenvalue weighted by Gasteiger charge is -2.36. The van der Waals surface area contributed by atoms with E-state index in [9.17, 15) is 5.11 Å². The van der Waals surface area contributed by atoms with Crippen LogP contribution in [0.4, 0.5) is 0 Å². The van der Waals surface area contributed by atoms with E-state index in [1.807, 2.05) is 0 Å². The fraction of sp³-hybridized carbons (Fsp3) is 1.00. The van der Waals surface area contributed by atoms with Crippen molar-refractivity contribution in [2.24, 2.45) is 5.41 Å². The zero-order valence-corrected chi connectivity index (χ0v) is 9.10. The van der Waals surface area contributed by atoms with Gasteiger partial charge in [-0.05, 0) is 31.1 Å². The van der Waals surface area contributed by atoms with E-state index in [-0.39, 0.29) is 5.41 Å². The molecule has 0 spiro atoms. The van der Waals surface area contributed by atoms with Crippen LogP contribution in [0.3, 0.4) is 0 Å². The van der Waals surface area contributed by atoms with Gasteiger partial charge in [-0.3, -0.25) is 0 Å². The Labute approximate surface area is 81.3 Å². The van der Waals surface area contributed by atoms with Crippen molar-refractivity contribution < 1.29 is 9.84 Å². The highest BCUT2D eigenvalue weighted by Gasteiger charge is 2.47. The maximum Gasteiger partial charge on any atom is 0.0930 e. The Balaban J connectivity index is 2.45. The molecule has 1 rings (SSSR count). The first-order valence-corrected chi connectivity index (χ1v) is 5.32. The molecule has 1 unspecified atom stereocenters. The molecule has 2 nitrogen and oxygen atoms in total. The number of hydrogen-bond donors (Lipinski definition) is 1. The third-order valence-electron chi connectivity index (χ3n) is 3.34. The predicted octanol–water partition coefficient (Wildman–Crippen LogP) is 2.35. The van der Waals surface area contributed by atoms with E-state index >= 15 is 0 Å². The molecule has 1 aliphatic carbocycles. The van der Waals surface area contributed by atoms with Crippen LogP contribution in [-0.2, 0) is 4.74 Å². The van der Waals surface area contributed by atoms with E-state index < -0.39 is 5.60 Å². The SMILES string of the molecule is CCCOCC1(O)CCCC1(C)C. The minimum atomic E-state index is -0.581. The average Bonchev–Trinajstić information content (AvgIpc) is 2.28. The van der Waals surface area contributed by atoms with Gasteiger partial charge in [0.15, 0.2) is 0 Å². The van der Waals surface area contributed by atoms with E-state index in [1.54, 1.807) is 0 Å². The molecule has 1 aliphatic rings. The van der Waals surface area contributed by atoms with Crippen LogP contribution >= 0.6 is 0 Å². The van der Waals surface area contributed by atoms with Gasteiger partial charge in [-0.2, -0.15) is 0 Å². The summed E-state index contributed by atoms with van der Waals surface area (Å²) in [6.45, 7) is 7.63. The summed E-state index contributed by atoms with van der Waals surface area (Å²) in [6, 6.07) is 0. The standard InChI is InChI=1S/C11H22O2/c1-4-8-13-9-11(12)7-5-6-10(11,2)3/h12H,4-9H2,1-3H3. The second-order valence-electron chi connectivity index (χ2n) is 4.82. The molecule has 1 saturated carbocycles. The molecule has 0 aromatic heterocycles. The molecule has 0 saturated heterocycles. The van der Waals surface area contributed by atoms with Crippen LogP contribution in [-0.4, -0.2) is 23.9 Å². The van der Waals surface area contributed by atoms with Crippen molar-refractivity contribution in [3.8, 4) is 0 Å². The molecule has 78 valence electrons. The van der Waals surface area contributed by atoms with Gasteiger partial charge in [0, 0.05) is 6.61 Å². The summed E-state index contributed by atoms with van der Waals surface area (Å²) in [7, 11) is 0. The second kappa shape index (κ2) is 3.97. The minimum absolute atomic E-state index is 0.0285. The Bertz CT molecular complexity index is 165. The van der Waals surface area contributed by atoms with Crippen molar-refractivity contribution in [1.82, 2.24) is 0 Å². The smallest absolute Gasteiger partial charge is 0.0930 e. The Morgan fingerprint density at radius 3 is 2.46 bits per heavy atom. The first kappa shape index (κ1) is 11.0. The Morgan fingerprint density at radius 1 is 1.31 bits per heavy atom. The first-order chi connectivity index (χ1) is 6.02. The van der Waals surface area contributed by atoms with Crippen LogP contribution in [0.15, 0.2) is 0 Å². The lowest BCUT2D eigenvalue weighted by atomic mass is 9.78. The van der Waals surface area contributed by atoms with Gasteiger partial charge < -0.3 is 9.84 Å². The number of rotatable bonds is 4. The topological polar surface area (TPSA) is 29.5 Å². The highest BCUT2D eigenvalue weighted by atomic mass is 16.5. The number of ether oxygens (including phenoxy) is 1. The molecular weight excluding hydrogens is 164 g/mol. The Kier molecular flexibility index (Phi) is 3.36. The molecule has 13 heavy (non-hydrogen) atoms. The third-order valence-corrected chi connectivity index (χ3v) is 3.34. The monoisotopic (exact) mass is 186 g/mol. The van der Waals surface area contributed by atoms with Crippen molar-refractivity contribution >= 4 is 0 Å². The molecule has 0 amide bonds. The third kappa shape index (κ3) is 2.23. The lowest BCUT2D eigenvalue weighted by Crippen LogP contribution is -2.44. The van der Waals surface area contributed by atoms with Gasteiger partial charge in [0.2, 0.25) is 0 Å². The zero-order chi connectivity index (χ0) is 9.95. The highest BCUT2D eigenvalue weighted by molar-refractivity contribution is 4.98. The van der Waals surface area contributed by atoms with Crippen LogP contribution in [0.1, 0.15) is 46.5 Å². The molecule has 0 radical (unpaired) electrons. The zero-order valence-electron chi connectivity index (χ0n) is 9.10. The maximum atomic E-state index is 10.3. The molecule has 1 N–H and O–H groups in total. The van der Waals surface area contributed by atoms with E-state index in [4.69, 9.17) is 4.74 Å². The van der Waals surface area contributed by atoms with E-state index in [2.05, 4.69) is 20.8 Å². The largest absolute Gasteiger partial charge is 0.387 e. The molecular formula is C11H22O2. The minimum Gasteiger partial charge on any atom is -0.387 e. The fourth-order valence-corrected chi connectivity index (χ4v) is 2.05. The van der Waals surface area contributed by atoms with Gasteiger partial charge in [-0.15, -0.1) is 0 Å². The summed E-state index contributed by atoms with van der Waals surface area (Å²) >= 11 is 0. The molecule has 0 aromatic carbocycles. The normalized spacial score (nSPS) is 32.3. The van der Waals surface area contributed by atoms with Gasteiger partial charge in [0.1, 0.15) is 0 Å². The summed E-state index contributed by atoms with van der Waals surface area (Å²) in [5.41, 5.74) is -0.553. The first-order valence-electron chi connectivity index (χ1n) is 5.32. The van der Waals surface area contributed by atoms with Crippen molar-refractivity contribution in [2.75, 3.05) is 13.2 Å². The quantitative estimate of drug-likeness (QED) is 0.683.